The fraction of sp³-hybridized carbons (Fsp3) is 0.857. The van der Waals surface area contributed by atoms with Crippen molar-refractivity contribution in [1.29, 1.82) is 0 Å². The fourth-order valence-electron chi connectivity index (χ4n) is 1.53. The van der Waals surface area contributed by atoms with Crippen molar-refractivity contribution in [2.45, 2.75) is 53.0 Å². The smallest absolute Gasteiger partial charge is 0.150 e. The molecule has 0 radical (unpaired) electrons. The molecule has 0 aromatic rings. The third-order valence-corrected chi connectivity index (χ3v) is 4.87. The van der Waals surface area contributed by atoms with E-state index in [1.807, 2.05) is 13.0 Å². The van der Waals surface area contributed by atoms with Gasteiger partial charge in [0.2, 0.25) is 0 Å². The molecule has 0 aliphatic rings. The maximum atomic E-state index is 11.7. The van der Waals surface area contributed by atoms with Crippen LogP contribution in [-0.2, 0) is 9.84 Å². The summed E-state index contributed by atoms with van der Waals surface area (Å²) in [4.78, 5) is 0. The van der Waals surface area contributed by atoms with Gasteiger partial charge in [-0.1, -0.05) is 19.9 Å². The van der Waals surface area contributed by atoms with E-state index in [1.54, 1.807) is 0 Å². The molecule has 0 aromatic carbocycles. The van der Waals surface area contributed by atoms with Crippen molar-refractivity contribution in [3.63, 3.8) is 0 Å². The number of nitrogens with one attached hydrogen (secondary N) is 1. The summed E-state index contributed by atoms with van der Waals surface area (Å²) < 4.78 is 23.5. The summed E-state index contributed by atoms with van der Waals surface area (Å²) in [6.07, 6.45) is 3.18. The second-order valence-corrected chi connectivity index (χ2v) is 8.67. The highest BCUT2D eigenvalue weighted by molar-refractivity contribution is 7.91. The van der Waals surface area contributed by atoms with Gasteiger partial charge in [0.15, 0.2) is 0 Å². The van der Waals surface area contributed by atoms with Gasteiger partial charge in [-0.15, -0.1) is 6.58 Å². The number of hydrogen-bond donors (Lipinski definition) is 1. The first-order valence-corrected chi connectivity index (χ1v) is 8.45. The molecule has 0 aliphatic heterocycles. The van der Waals surface area contributed by atoms with Crippen molar-refractivity contribution in [2.75, 3.05) is 18.1 Å². The number of rotatable bonds is 8. The minimum Gasteiger partial charge on any atom is -0.311 e. The van der Waals surface area contributed by atoms with E-state index in [0.717, 1.165) is 6.54 Å². The summed E-state index contributed by atoms with van der Waals surface area (Å²) in [5.41, 5.74) is -0.138. The van der Waals surface area contributed by atoms with Gasteiger partial charge in [0, 0.05) is 17.8 Å². The van der Waals surface area contributed by atoms with E-state index in [1.165, 1.54) is 0 Å². The highest BCUT2D eigenvalue weighted by Crippen LogP contribution is 2.23. The molecular formula is C14H29NO2S. The van der Waals surface area contributed by atoms with Crippen LogP contribution >= 0.6 is 0 Å². The summed E-state index contributed by atoms with van der Waals surface area (Å²) in [6, 6.07) is 0. The first-order chi connectivity index (χ1) is 8.04. The Bertz CT molecular complexity index is 354. The van der Waals surface area contributed by atoms with Gasteiger partial charge in [-0.3, -0.25) is 0 Å². The summed E-state index contributed by atoms with van der Waals surface area (Å²) in [7, 11) is -2.90. The maximum absolute atomic E-state index is 11.7. The summed E-state index contributed by atoms with van der Waals surface area (Å²) in [6.45, 7) is 14.9. The fourth-order valence-corrected chi connectivity index (χ4v) is 3.13. The third-order valence-electron chi connectivity index (χ3n) is 3.01. The van der Waals surface area contributed by atoms with E-state index in [0.29, 0.717) is 12.8 Å². The molecule has 18 heavy (non-hydrogen) atoms. The second kappa shape index (κ2) is 6.71. The molecule has 0 heterocycles. The lowest BCUT2D eigenvalue weighted by Gasteiger charge is -2.31. The van der Waals surface area contributed by atoms with Crippen LogP contribution in [0.25, 0.3) is 0 Å². The standard InChI is InChI=1S/C14H29NO2S/c1-7-10-18(16,17)11-9-14(6,8-2)12-15-13(3,4)5/h8,15H,2,7,9-12H2,1,3-6H3. The van der Waals surface area contributed by atoms with Crippen LogP contribution in [0.2, 0.25) is 0 Å². The largest absolute Gasteiger partial charge is 0.311 e. The Morgan fingerprint density at radius 1 is 1.17 bits per heavy atom. The molecule has 0 amide bonds. The first kappa shape index (κ1) is 17.6. The molecule has 0 saturated heterocycles. The highest BCUT2D eigenvalue weighted by Gasteiger charge is 2.25. The summed E-state index contributed by atoms with van der Waals surface area (Å²) >= 11 is 0. The molecule has 3 nitrogen and oxygen atoms in total. The van der Waals surface area contributed by atoms with E-state index in [9.17, 15) is 8.42 Å². The molecule has 1 N–H and O–H groups in total. The molecule has 0 rings (SSSR count). The Hall–Kier alpha value is -0.350. The Balaban J connectivity index is 4.45. The molecule has 0 fully saturated rings. The normalized spacial score (nSPS) is 16.3. The van der Waals surface area contributed by atoms with E-state index in [2.05, 4.69) is 39.6 Å². The second-order valence-electron chi connectivity index (χ2n) is 6.36. The SMILES string of the molecule is C=CC(C)(CCS(=O)(=O)CCC)CNC(C)(C)C. The highest BCUT2D eigenvalue weighted by atomic mass is 32.2. The molecule has 108 valence electrons. The van der Waals surface area contributed by atoms with Crippen LogP contribution in [0.3, 0.4) is 0 Å². The average molecular weight is 275 g/mol. The van der Waals surface area contributed by atoms with Gasteiger partial charge in [0.25, 0.3) is 0 Å². The van der Waals surface area contributed by atoms with Crippen LogP contribution < -0.4 is 5.32 Å². The van der Waals surface area contributed by atoms with Gasteiger partial charge in [0.05, 0.1) is 5.75 Å². The Morgan fingerprint density at radius 3 is 2.11 bits per heavy atom. The van der Waals surface area contributed by atoms with Gasteiger partial charge in [-0.05, 0) is 39.0 Å². The summed E-state index contributed by atoms with van der Waals surface area (Å²) in [5.74, 6) is 0.530. The molecule has 4 heteroatoms. The van der Waals surface area contributed by atoms with Gasteiger partial charge >= 0.3 is 0 Å². The number of sulfone groups is 1. The Kier molecular flexibility index (Phi) is 6.58. The lowest BCUT2D eigenvalue weighted by Crippen LogP contribution is -2.42. The molecule has 0 spiro atoms. The predicted octanol–water partition coefficient (Wildman–Crippen LogP) is 2.78. The molecule has 1 unspecified atom stereocenters. The molecule has 0 bridgehead atoms. The number of hydrogen-bond acceptors (Lipinski definition) is 3. The predicted molar refractivity (Wildman–Crippen MR) is 79.6 cm³/mol. The van der Waals surface area contributed by atoms with Crippen molar-refractivity contribution >= 4 is 9.84 Å². The van der Waals surface area contributed by atoms with Crippen LogP contribution in [0.15, 0.2) is 12.7 Å². The Morgan fingerprint density at radius 2 is 1.72 bits per heavy atom. The van der Waals surface area contributed by atoms with Crippen LogP contribution in [0.4, 0.5) is 0 Å². The lowest BCUT2D eigenvalue weighted by molar-refractivity contribution is 0.317. The zero-order chi connectivity index (χ0) is 14.4. The average Bonchev–Trinajstić information content (AvgIpc) is 2.23. The monoisotopic (exact) mass is 275 g/mol. The Labute approximate surface area is 113 Å². The van der Waals surface area contributed by atoms with Crippen LogP contribution in [0.5, 0.6) is 0 Å². The van der Waals surface area contributed by atoms with Gasteiger partial charge < -0.3 is 5.32 Å². The van der Waals surface area contributed by atoms with Crippen LogP contribution in [0, 0.1) is 5.41 Å². The van der Waals surface area contributed by atoms with Gasteiger partial charge in [0.1, 0.15) is 9.84 Å². The van der Waals surface area contributed by atoms with Crippen molar-refractivity contribution in [3.05, 3.63) is 12.7 Å². The quantitative estimate of drug-likeness (QED) is 0.693. The van der Waals surface area contributed by atoms with Crippen LogP contribution in [-0.4, -0.2) is 32.0 Å². The van der Waals surface area contributed by atoms with Gasteiger partial charge in [-0.25, -0.2) is 8.42 Å². The molecule has 0 saturated carbocycles. The van der Waals surface area contributed by atoms with E-state index >= 15 is 0 Å². The third kappa shape index (κ3) is 7.88. The zero-order valence-corrected chi connectivity index (χ0v) is 13.4. The van der Waals surface area contributed by atoms with Crippen molar-refractivity contribution in [1.82, 2.24) is 5.32 Å². The topological polar surface area (TPSA) is 46.2 Å². The van der Waals surface area contributed by atoms with E-state index in [-0.39, 0.29) is 22.5 Å². The van der Waals surface area contributed by atoms with Crippen molar-refractivity contribution < 1.29 is 8.42 Å². The first-order valence-electron chi connectivity index (χ1n) is 6.63. The molecule has 0 aliphatic carbocycles. The van der Waals surface area contributed by atoms with Crippen LogP contribution in [0.1, 0.15) is 47.5 Å². The minimum atomic E-state index is -2.90. The van der Waals surface area contributed by atoms with E-state index in [4.69, 9.17) is 0 Å². The molecular weight excluding hydrogens is 246 g/mol. The van der Waals surface area contributed by atoms with Gasteiger partial charge in [-0.2, -0.15) is 0 Å². The molecule has 0 aromatic heterocycles. The summed E-state index contributed by atoms with van der Waals surface area (Å²) in [5, 5.41) is 3.42. The maximum Gasteiger partial charge on any atom is 0.150 e. The van der Waals surface area contributed by atoms with Crippen molar-refractivity contribution in [2.24, 2.45) is 5.41 Å². The molecule has 1 atom stereocenters. The zero-order valence-electron chi connectivity index (χ0n) is 12.5. The lowest BCUT2D eigenvalue weighted by atomic mass is 9.87. The van der Waals surface area contributed by atoms with Crippen molar-refractivity contribution in [3.8, 4) is 0 Å². The van der Waals surface area contributed by atoms with E-state index < -0.39 is 9.84 Å². The minimum absolute atomic E-state index is 0.0343.